The van der Waals surface area contributed by atoms with Gasteiger partial charge in [0.25, 0.3) is 0 Å². The smallest absolute Gasteiger partial charge is 0.369 e. The quantitative estimate of drug-likeness (QED) is 0.532. The first kappa shape index (κ1) is 17.4. The van der Waals surface area contributed by atoms with E-state index in [1.54, 1.807) is 10.7 Å². The van der Waals surface area contributed by atoms with E-state index in [4.69, 9.17) is 11.6 Å². The number of hydrogen-bond acceptors (Lipinski definition) is 2. The van der Waals surface area contributed by atoms with Gasteiger partial charge in [0.2, 0.25) is 0 Å². The van der Waals surface area contributed by atoms with Crippen molar-refractivity contribution in [1.82, 2.24) is 9.78 Å². The Balaban J connectivity index is 1.86. The summed E-state index contributed by atoms with van der Waals surface area (Å²) in [6.07, 6.45) is -3.81. The Morgan fingerprint density at radius 1 is 1.12 bits per heavy atom. The SMILES string of the molecule is FC(F)(F)c1cc(-c2nn(-c3ccc(Br)cc3)c3c2CCN3)ccc1Cl. The zero-order valence-corrected chi connectivity index (χ0v) is 15.6. The molecule has 0 radical (unpaired) electrons. The van der Waals surface area contributed by atoms with E-state index in [-0.39, 0.29) is 5.02 Å². The zero-order valence-electron chi connectivity index (χ0n) is 13.2. The van der Waals surface area contributed by atoms with Crippen molar-refractivity contribution < 1.29 is 13.2 Å². The van der Waals surface area contributed by atoms with Crippen LogP contribution in [-0.2, 0) is 12.6 Å². The van der Waals surface area contributed by atoms with Crippen LogP contribution in [0.2, 0.25) is 5.02 Å². The lowest BCUT2D eigenvalue weighted by atomic mass is 10.0. The molecule has 134 valence electrons. The second-order valence-corrected chi connectivity index (χ2v) is 7.26. The monoisotopic (exact) mass is 441 g/mol. The molecule has 3 aromatic rings. The van der Waals surface area contributed by atoms with Gasteiger partial charge >= 0.3 is 6.18 Å². The van der Waals surface area contributed by atoms with Crippen molar-refractivity contribution in [1.29, 1.82) is 0 Å². The fourth-order valence-corrected chi connectivity index (χ4v) is 3.55. The lowest BCUT2D eigenvalue weighted by molar-refractivity contribution is -0.137. The van der Waals surface area contributed by atoms with Crippen LogP contribution in [0.3, 0.4) is 0 Å². The van der Waals surface area contributed by atoms with Crippen molar-refractivity contribution in [3.63, 3.8) is 0 Å². The number of hydrogen-bond donors (Lipinski definition) is 1. The average molecular weight is 443 g/mol. The van der Waals surface area contributed by atoms with Crippen LogP contribution in [0, 0.1) is 0 Å². The normalized spacial score (nSPS) is 13.6. The Kier molecular flexibility index (Phi) is 4.23. The van der Waals surface area contributed by atoms with E-state index < -0.39 is 11.7 Å². The van der Waals surface area contributed by atoms with Crippen molar-refractivity contribution in [3.05, 3.63) is 63.1 Å². The molecule has 1 aliphatic heterocycles. The summed E-state index contributed by atoms with van der Waals surface area (Å²) in [5.74, 6) is 0.811. The van der Waals surface area contributed by atoms with Gasteiger partial charge in [-0.25, -0.2) is 4.68 Å². The summed E-state index contributed by atoms with van der Waals surface area (Å²) in [4.78, 5) is 0. The van der Waals surface area contributed by atoms with Crippen molar-refractivity contribution in [2.75, 3.05) is 11.9 Å². The first-order chi connectivity index (χ1) is 12.3. The number of halogens is 5. The molecule has 2 heterocycles. The third-order valence-electron chi connectivity index (χ3n) is 4.27. The van der Waals surface area contributed by atoms with Crippen LogP contribution in [0.15, 0.2) is 46.9 Å². The van der Waals surface area contributed by atoms with Gasteiger partial charge in [-0.05, 0) is 42.8 Å². The van der Waals surface area contributed by atoms with E-state index in [9.17, 15) is 13.2 Å². The molecular weight excluding hydrogens is 431 g/mol. The fourth-order valence-electron chi connectivity index (χ4n) is 3.07. The molecule has 1 N–H and O–H groups in total. The molecule has 26 heavy (non-hydrogen) atoms. The maximum absolute atomic E-state index is 13.2. The van der Waals surface area contributed by atoms with Crippen molar-refractivity contribution >= 4 is 33.3 Å². The Labute approximate surface area is 160 Å². The van der Waals surface area contributed by atoms with Gasteiger partial charge in [-0.1, -0.05) is 33.6 Å². The van der Waals surface area contributed by atoms with Crippen LogP contribution in [0.5, 0.6) is 0 Å². The molecule has 0 fully saturated rings. The highest BCUT2D eigenvalue weighted by Crippen LogP contribution is 2.40. The summed E-state index contributed by atoms with van der Waals surface area (Å²) in [7, 11) is 0. The summed E-state index contributed by atoms with van der Waals surface area (Å²) >= 11 is 9.13. The molecule has 4 rings (SSSR count). The van der Waals surface area contributed by atoms with E-state index >= 15 is 0 Å². The van der Waals surface area contributed by atoms with Crippen LogP contribution >= 0.6 is 27.5 Å². The molecule has 0 spiro atoms. The second-order valence-electron chi connectivity index (χ2n) is 5.93. The molecule has 0 unspecified atom stereocenters. The number of aromatic nitrogens is 2. The fraction of sp³-hybridized carbons (Fsp3) is 0.167. The maximum atomic E-state index is 13.2. The topological polar surface area (TPSA) is 29.9 Å². The van der Waals surface area contributed by atoms with E-state index in [1.807, 2.05) is 24.3 Å². The molecule has 8 heteroatoms. The molecule has 0 amide bonds. The van der Waals surface area contributed by atoms with E-state index in [2.05, 4.69) is 26.3 Å². The van der Waals surface area contributed by atoms with Gasteiger partial charge in [0.1, 0.15) is 5.82 Å². The highest BCUT2D eigenvalue weighted by Gasteiger charge is 2.34. The van der Waals surface area contributed by atoms with Gasteiger partial charge in [-0.15, -0.1) is 0 Å². The van der Waals surface area contributed by atoms with E-state index in [1.165, 1.54) is 6.07 Å². The largest absolute Gasteiger partial charge is 0.417 e. The Hall–Kier alpha value is -1.99. The predicted molar refractivity (Wildman–Crippen MR) is 98.9 cm³/mol. The summed E-state index contributed by atoms with van der Waals surface area (Å²) in [6, 6.07) is 11.5. The predicted octanol–water partition coefficient (Wildman–Crippen LogP) is 5.94. The molecule has 0 saturated carbocycles. The highest BCUT2D eigenvalue weighted by molar-refractivity contribution is 9.10. The van der Waals surface area contributed by atoms with Gasteiger partial charge < -0.3 is 5.32 Å². The van der Waals surface area contributed by atoms with Gasteiger partial charge in [-0.3, -0.25) is 0 Å². The lowest BCUT2D eigenvalue weighted by Crippen LogP contribution is -2.06. The summed E-state index contributed by atoms with van der Waals surface area (Å²) < 4.78 is 42.3. The molecule has 2 aromatic carbocycles. The second kappa shape index (κ2) is 6.32. The van der Waals surface area contributed by atoms with E-state index in [0.717, 1.165) is 34.2 Å². The van der Waals surface area contributed by atoms with Gasteiger partial charge in [0, 0.05) is 22.1 Å². The minimum atomic E-state index is -4.51. The summed E-state index contributed by atoms with van der Waals surface area (Å²) in [5, 5.41) is 7.54. The molecule has 0 bridgehead atoms. The number of rotatable bonds is 2. The molecule has 0 atom stereocenters. The maximum Gasteiger partial charge on any atom is 0.417 e. The number of nitrogens with zero attached hydrogens (tertiary/aromatic N) is 2. The average Bonchev–Trinajstić information content (AvgIpc) is 3.18. The minimum Gasteiger partial charge on any atom is -0.369 e. The van der Waals surface area contributed by atoms with E-state index in [0.29, 0.717) is 17.7 Å². The molecule has 0 aliphatic carbocycles. The number of nitrogens with one attached hydrogen (secondary N) is 1. The van der Waals surface area contributed by atoms with Crippen LogP contribution in [0.1, 0.15) is 11.1 Å². The van der Waals surface area contributed by atoms with Crippen LogP contribution < -0.4 is 5.32 Å². The first-order valence-electron chi connectivity index (χ1n) is 7.83. The third kappa shape index (κ3) is 2.99. The highest BCUT2D eigenvalue weighted by atomic mass is 79.9. The standard InChI is InChI=1S/C18H12BrClF3N3/c19-11-2-4-12(5-3-11)26-17-13(7-8-24-17)16(25-26)10-1-6-15(20)14(9-10)18(21,22)23/h1-6,9,24H,7-8H2. The van der Waals surface area contributed by atoms with Crippen molar-refractivity contribution in [3.8, 4) is 16.9 Å². The molecule has 1 aromatic heterocycles. The third-order valence-corrected chi connectivity index (χ3v) is 5.13. The molecule has 1 aliphatic rings. The van der Waals surface area contributed by atoms with Crippen molar-refractivity contribution in [2.45, 2.75) is 12.6 Å². The number of fused-ring (bicyclic) bond motifs is 1. The molecule has 3 nitrogen and oxygen atoms in total. The van der Waals surface area contributed by atoms with Crippen molar-refractivity contribution in [2.24, 2.45) is 0 Å². The van der Waals surface area contributed by atoms with Crippen LogP contribution in [0.4, 0.5) is 19.0 Å². The number of benzene rings is 2. The number of alkyl halides is 3. The minimum absolute atomic E-state index is 0.316. The summed E-state index contributed by atoms with van der Waals surface area (Å²) in [5.41, 5.74) is 1.82. The van der Waals surface area contributed by atoms with Gasteiger partial charge in [0.15, 0.2) is 0 Å². The molecular formula is C18H12BrClF3N3. The lowest BCUT2D eigenvalue weighted by Gasteiger charge is -2.10. The van der Waals surface area contributed by atoms with Crippen LogP contribution in [-0.4, -0.2) is 16.3 Å². The Bertz CT molecular complexity index is 981. The molecule has 0 saturated heterocycles. The number of anilines is 1. The van der Waals surface area contributed by atoms with Gasteiger partial charge in [-0.2, -0.15) is 18.3 Å². The Morgan fingerprint density at radius 2 is 1.85 bits per heavy atom. The van der Waals surface area contributed by atoms with Crippen LogP contribution in [0.25, 0.3) is 16.9 Å². The van der Waals surface area contributed by atoms with Gasteiger partial charge in [0.05, 0.1) is 22.0 Å². The zero-order chi connectivity index (χ0) is 18.5. The first-order valence-corrected chi connectivity index (χ1v) is 9.00. The Morgan fingerprint density at radius 3 is 2.54 bits per heavy atom. The summed E-state index contributed by atoms with van der Waals surface area (Å²) in [6.45, 7) is 0.719.